The highest BCUT2D eigenvalue weighted by Gasteiger charge is 2.35. The standard InChI is InChI=1S/C15H21N3O5S/c1-11-4-3-5-14(18(20)21)15(11)24(22,23)17-8-6-13(7-9-17)10-16-12(2)19/h3-5,13H,6-10H2,1-2H3,(H,16,19). The van der Waals surface area contributed by atoms with Crippen LogP contribution in [0.5, 0.6) is 0 Å². The molecule has 9 heteroatoms. The van der Waals surface area contributed by atoms with Gasteiger partial charge in [0.25, 0.3) is 5.69 Å². The van der Waals surface area contributed by atoms with E-state index < -0.39 is 20.6 Å². The van der Waals surface area contributed by atoms with Gasteiger partial charge in [0.1, 0.15) is 0 Å². The Morgan fingerprint density at radius 2 is 2.00 bits per heavy atom. The minimum Gasteiger partial charge on any atom is -0.356 e. The molecule has 1 fully saturated rings. The maximum Gasteiger partial charge on any atom is 0.289 e. The van der Waals surface area contributed by atoms with Crippen LogP contribution in [0.1, 0.15) is 25.3 Å². The number of hydrogen-bond donors (Lipinski definition) is 1. The van der Waals surface area contributed by atoms with Gasteiger partial charge in [0.2, 0.25) is 15.9 Å². The first-order chi connectivity index (χ1) is 11.2. The summed E-state index contributed by atoms with van der Waals surface area (Å²) in [7, 11) is -3.92. The number of nitro groups is 1. The minimum absolute atomic E-state index is 0.111. The van der Waals surface area contributed by atoms with E-state index in [4.69, 9.17) is 0 Å². The number of amides is 1. The molecule has 1 aromatic carbocycles. The topological polar surface area (TPSA) is 110 Å². The lowest BCUT2D eigenvalue weighted by molar-refractivity contribution is -0.387. The van der Waals surface area contributed by atoms with Crippen LogP contribution in [0.25, 0.3) is 0 Å². The third-order valence-corrected chi connectivity index (χ3v) is 6.29. The van der Waals surface area contributed by atoms with E-state index in [1.807, 2.05) is 0 Å². The number of sulfonamides is 1. The van der Waals surface area contributed by atoms with Crippen LogP contribution < -0.4 is 5.32 Å². The Bertz CT molecular complexity index is 739. The van der Waals surface area contributed by atoms with E-state index in [9.17, 15) is 23.3 Å². The predicted octanol–water partition coefficient (Wildman–Crippen LogP) is 1.44. The zero-order valence-electron chi connectivity index (χ0n) is 13.7. The number of rotatable bonds is 5. The third kappa shape index (κ3) is 3.90. The maximum atomic E-state index is 12.9. The van der Waals surface area contributed by atoms with Crippen molar-refractivity contribution < 1.29 is 18.1 Å². The van der Waals surface area contributed by atoms with Crippen LogP contribution in [0.4, 0.5) is 5.69 Å². The minimum atomic E-state index is -3.92. The van der Waals surface area contributed by atoms with Gasteiger partial charge in [-0.05, 0) is 31.2 Å². The van der Waals surface area contributed by atoms with Crippen LogP contribution in [-0.2, 0) is 14.8 Å². The van der Waals surface area contributed by atoms with Crippen molar-refractivity contribution >= 4 is 21.6 Å². The van der Waals surface area contributed by atoms with Gasteiger partial charge in [0.15, 0.2) is 4.90 Å². The molecule has 1 aromatic rings. The van der Waals surface area contributed by atoms with Gasteiger partial charge < -0.3 is 5.32 Å². The lowest BCUT2D eigenvalue weighted by Crippen LogP contribution is -2.41. The molecule has 2 rings (SSSR count). The average molecular weight is 355 g/mol. The lowest BCUT2D eigenvalue weighted by Gasteiger charge is -2.31. The molecule has 1 amide bonds. The fraction of sp³-hybridized carbons (Fsp3) is 0.533. The largest absolute Gasteiger partial charge is 0.356 e. The van der Waals surface area contributed by atoms with Crippen molar-refractivity contribution in [2.75, 3.05) is 19.6 Å². The highest BCUT2D eigenvalue weighted by atomic mass is 32.2. The molecule has 0 radical (unpaired) electrons. The number of piperidine rings is 1. The normalized spacial score (nSPS) is 16.8. The summed E-state index contributed by atoms with van der Waals surface area (Å²) in [5.41, 5.74) is -0.0278. The SMILES string of the molecule is CC(=O)NCC1CCN(S(=O)(=O)c2c(C)cccc2[N+](=O)[O-])CC1. The van der Waals surface area contributed by atoms with Gasteiger partial charge in [-0.15, -0.1) is 0 Å². The van der Waals surface area contributed by atoms with Crippen LogP contribution in [0, 0.1) is 23.0 Å². The zero-order valence-corrected chi connectivity index (χ0v) is 14.5. The Balaban J connectivity index is 2.19. The van der Waals surface area contributed by atoms with Gasteiger partial charge in [-0.25, -0.2) is 8.42 Å². The second kappa shape index (κ2) is 7.27. The fourth-order valence-corrected chi connectivity index (χ4v) is 4.72. The van der Waals surface area contributed by atoms with E-state index >= 15 is 0 Å². The molecule has 0 aliphatic carbocycles. The first-order valence-electron chi connectivity index (χ1n) is 7.72. The van der Waals surface area contributed by atoms with Crippen molar-refractivity contribution in [3.05, 3.63) is 33.9 Å². The zero-order chi connectivity index (χ0) is 17.9. The summed E-state index contributed by atoms with van der Waals surface area (Å²) >= 11 is 0. The van der Waals surface area contributed by atoms with Crippen LogP contribution in [0.2, 0.25) is 0 Å². The van der Waals surface area contributed by atoms with E-state index in [1.165, 1.54) is 23.4 Å². The molecule has 132 valence electrons. The number of nitro benzene ring substituents is 1. The molecule has 0 atom stereocenters. The molecule has 0 bridgehead atoms. The quantitative estimate of drug-likeness (QED) is 0.635. The highest BCUT2D eigenvalue weighted by molar-refractivity contribution is 7.89. The first kappa shape index (κ1) is 18.3. The first-order valence-corrected chi connectivity index (χ1v) is 9.16. The lowest BCUT2D eigenvalue weighted by atomic mass is 9.98. The Morgan fingerprint density at radius 3 is 2.54 bits per heavy atom. The summed E-state index contributed by atoms with van der Waals surface area (Å²) in [5, 5.41) is 13.9. The summed E-state index contributed by atoms with van der Waals surface area (Å²) in [6.07, 6.45) is 1.22. The molecule has 1 heterocycles. The Kier molecular flexibility index (Phi) is 5.55. The molecule has 1 N–H and O–H groups in total. The van der Waals surface area contributed by atoms with Crippen molar-refractivity contribution in [2.24, 2.45) is 5.92 Å². The molecule has 0 spiro atoms. The van der Waals surface area contributed by atoms with Gasteiger partial charge in [-0.3, -0.25) is 14.9 Å². The number of aryl methyl sites for hydroxylation is 1. The summed E-state index contributed by atoms with van der Waals surface area (Å²) < 4.78 is 27.0. The van der Waals surface area contributed by atoms with E-state index in [1.54, 1.807) is 13.0 Å². The van der Waals surface area contributed by atoms with E-state index in [0.29, 0.717) is 24.9 Å². The Hall–Kier alpha value is -2.00. The summed E-state index contributed by atoms with van der Waals surface area (Å²) in [6.45, 7) is 4.10. The molecule has 0 saturated carbocycles. The summed E-state index contributed by atoms with van der Waals surface area (Å²) in [5.74, 6) is 0.104. The number of carbonyl (C=O) groups excluding carboxylic acids is 1. The van der Waals surface area contributed by atoms with Crippen LogP contribution in [-0.4, -0.2) is 43.2 Å². The maximum absolute atomic E-state index is 12.9. The molecule has 1 aliphatic heterocycles. The molecule has 1 saturated heterocycles. The molecular weight excluding hydrogens is 334 g/mol. The number of benzene rings is 1. The van der Waals surface area contributed by atoms with Crippen molar-refractivity contribution in [2.45, 2.75) is 31.6 Å². The van der Waals surface area contributed by atoms with Crippen molar-refractivity contribution in [3.63, 3.8) is 0 Å². The van der Waals surface area contributed by atoms with Gasteiger partial charge >= 0.3 is 0 Å². The van der Waals surface area contributed by atoms with Gasteiger partial charge in [-0.1, -0.05) is 12.1 Å². The van der Waals surface area contributed by atoms with Crippen molar-refractivity contribution in [3.8, 4) is 0 Å². The summed E-state index contributed by atoms with van der Waals surface area (Å²) in [6, 6.07) is 4.25. The van der Waals surface area contributed by atoms with Gasteiger partial charge in [0, 0.05) is 32.6 Å². The molecule has 24 heavy (non-hydrogen) atoms. The highest BCUT2D eigenvalue weighted by Crippen LogP contribution is 2.31. The number of carbonyl (C=O) groups is 1. The van der Waals surface area contributed by atoms with Crippen molar-refractivity contribution in [1.29, 1.82) is 0 Å². The second-order valence-electron chi connectivity index (χ2n) is 5.96. The monoisotopic (exact) mass is 355 g/mol. The second-order valence-corrected chi connectivity index (χ2v) is 7.84. The third-order valence-electron chi connectivity index (χ3n) is 4.20. The Morgan fingerprint density at radius 1 is 1.38 bits per heavy atom. The van der Waals surface area contributed by atoms with E-state index in [-0.39, 0.29) is 29.8 Å². The van der Waals surface area contributed by atoms with E-state index in [2.05, 4.69) is 5.32 Å². The molecule has 8 nitrogen and oxygen atoms in total. The average Bonchev–Trinajstić information content (AvgIpc) is 2.52. The van der Waals surface area contributed by atoms with Crippen LogP contribution >= 0.6 is 0 Å². The van der Waals surface area contributed by atoms with E-state index in [0.717, 1.165) is 0 Å². The molecular formula is C15H21N3O5S. The Labute approximate surface area is 141 Å². The van der Waals surface area contributed by atoms with Gasteiger partial charge in [0.05, 0.1) is 4.92 Å². The fourth-order valence-electron chi connectivity index (χ4n) is 2.89. The number of hydrogen-bond acceptors (Lipinski definition) is 5. The smallest absolute Gasteiger partial charge is 0.289 e. The number of nitrogens with zero attached hydrogens (tertiary/aromatic N) is 2. The molecule has 0 aromatic heterocycles. The van der Waals surface area contributed by atoms with Crippen LogP contribution in [0.15, 0.2) is 23.1 Å². The van der Waals surface area contributed by atoms with Crippen molar-refractivity contribution in [1.82, 2.24) is 9.62 Å². The van der Waals surface area contributed by atoms with Crippen LogP contribution in [0.3, 0.4) is 0 Å². The molecule has 0 unspecified atom stereocenters. The van der Waals surface area contributed by atoms with Gasteiger partial charge in [-0.2, -0.15) is 4.31 Å². The predicted molar refractivity (Wildman–Crippen MR) is 88.0 cm³/mol. The molecule has 1 aliphatic rings. The number of nitrogens with one attached hydrogen (secondary N) is 1. The summed E-state index contributed by atoms with van der Waals surface area (Å²) in [4.78, 5) is 21.2.